The molecule has 8 nitrogen and oxygen atoms in total. The van der Waals surface area contributed by atoms with Gasteiger partial charge in [0.2, 0.25) is 21.1 Å². The number of benzene rings is 1. The van der Waals surface area contributed by atoms with Crippen molar-refractivity contribution in [2.75, 3.05) is 11.1 Å². The smallest absolute Gasteiger partial charge is 0.238 e. The fourth-order valence-electron chi connectivity index (χ4n) is 1.66. The maximum Gasteiger partial charge on any atom is 0.238 e. The van der Waals surface area contributed by atoms with Crippen LogP contribution in [0.25, 0.3) is 0 Å². The molecule has 0 saturated carbocycles. The molecular formula is C12H15N5O3S3. The average Bonchev–Trinajstić information content (AvgIpc) is 2.89. The summed E-state index contributed by atoms with van der Waals surface area (Å²) in [4.78, 5) is 12.3. The molecule has 1 atom stereocenters. The highest BCUT2D eigenvalue weighted by atomic mass is 32.2. The minimum atomic E-state index is -3.75. The van der Waals surface area contributed by atoms with Crippen LogP contribution in [0.4, 0.5) is 10.8 Å². The average molecular weight is 373 g/mol. The van der Waals surface area contributed by atoms with E-state index in [9.17, 15) is 13.2 Å². The first-order valence-electron chi connectivity index (χ1n) is 6.49. The van der Waals surface area contributed by atoms with Crippen molar-refractivity contribution in [1.29, 1.82) is 0 Å². The van der Waals surface area contributed by atoms with Crippen molar-refractivity contribution in [3.05, 3.63) is 24.3 Å². The van der Waals surface area contributed by atoms with Crippen molar-refractivity contribution < 1.29 is 13.2 Å². The highest BCUT2D eigenvalue weighted by Crippen LogP contribution is 2.29. The number of hydrogen-bond donors (Lipinski definition) is 3. The number of carbonyl (C=O) groups excluding carboxylic acids is 1. The Bertz CT molecular complexity index is 789. The zero-order valence-corrected chi connectivity index (χ0v) is 14.5. The Hall–Kier alpha value is -1.69. The molecule has 0 radical (unpaired) electrons. The van der Waals surface area contributed by atoms with Crippen molar-refractivity contribution in [3.8, 4) is 0 Å². The second-order valence-electron chi connectivity index (χ2n) is 4.48. The number of hydrogen-bond acceptors (Lipinski definition) is 8. The number of aromatic nitrogens is 2. The van der Waals surface area contributed by atoms with Gasteiger partial charge in [-0.05, 0) is 30.7 Å². The maximum atomic E-state index is 12.3. The highest BCUT2D eigenvalue weighted by Gasteiger charge is 2.20. The molecule has 1 amide bonds. The number of thioether (sulfide) groups is 1. The lowest BCUT2D eigenvalue weighted by Gasteiger charge is -2.13. The van der Waals surface area contributed by atoms with E-state index in [-0.39, 0.29) is 16.1 Å². The molecule has 0 bridgehead atoms. The Balaban J connectivity index is 2.04. The fraction of sp³-hybridized carbons (Fsp3) is 0.250. The van der Waals surface area contributed by atoms with Crippen LogP contribution < -0.4 is 16.2 Å². The van der Waals surface area contributed by atoms with Crippen molar-refractivity contribution in [2.45, 2.75) is 27.8 Å². The first-order chi connectivity index (χ1) is 10.8. The van der Waals surface area contributed by atoms with E-state index in [0.717, 1.165) is 0 Å². The highest BCUT2D eigenvalue weighted by molar-refractivity contribution is 8.02. The first-order valence-corrected chi connectivity index (χ1v) is 9.73. The molecule has 0 spiro atoms. The maximum absolute atomic E-state index is 12.3. The summed E-state index contributed by atoms with van der Waals surface area (Å²) in [5.41, 5.74) is 6.00. The molecule has 1 heterocycles. The second-order valence-corrected chi connectivity index (χ2v) is 8.50. The largest absolute Gasteiger partial charge is 0.374 e. The summed E-state index contributed by atoms with van der Waals surface area (Å²) in [6, 6.07) is 5.64. The zero-order chi connectivity index (χ0) is 17.0. The number of rotatable bonds is 6. The number of sulfonamides is 1. The number of nitrogens with zero attached hydrogens (tertiary/aromatic N) is 2. The molecule has 0 saturated heterocycles. The van der Waals surface area contributed by atoms with Gasteiger partial charge in [0.25, 0.3) is 0 Å². The van der Waals surface area contributed by atoms with Gasteiger partial charge in [-0.25, -0.2) is 13.6 Å². The monoisotopic (exact) mass is 373 g/mol. The molecule has 5 N–H and O–H groups in total. The van der Waals surface area contributed by atoms with Gasteiger partial charge in [0, 0.05) is 5.69 Å². The SMILES string of the molecule is CC[C@@H](Sc1nnc(N)s1)C(=O)Nc1ccc(S(N)(=O)=O)cc1. The number of anilines is 2. The molecule has 2 aromatic rings. The van der Waals surface area contributed by atoms with E-state index in [1.165, 1.54) is 47.4 Å². The van der Waals surface area contributed by atoms with Gasteiger partial charge in [0.15, 0.2) is 4.34 Å². The van der Waals surface area contributed by atoms with Crippen LogP contribution in [0.2, 0.25) is 0 Å². The number of amides is 1. The van der Waals surface area contributed by atoms with Gasteiger partial charge < -0.3 is 11.1 Å². The Morgan fingerprint density at radius 3 is 2.48 bits per heavy atom. The molecule has 0 aliphatic carbocycles. The molecule has 1 aromatic heterocycles. The van der Waals surface area contributed by atoms with Gasteiger partial charge in [0.05, 0.1) is 10.1 Å². The second kappa shape index (κ2) is 7.25. The van der Waals surface area contributed by atoms with E-state index in [1.807, 2.05) is 6.92 Å². The number of nitrogens with one attached hydrogen (secondary N) is 1. The van der Waals surface area contributed by atoms with Gasteiger partial charge >= 0.3 is 0 Å². The summed E-state index contributed by atoms with van der Waals surface area (Å²) >= 11 is 2.50. The van der Waals surface area contributed by atoms with E-state index in [4.69, 9.17) is 10.9 Å². The molecule has 0 aliphatic heterocycles. The Kier molecular flexibility index (Phi) is 5.57. The molecule has 11 heteroatoms. The van der Waals surface area contributed by atoms with E-state index in [2.05, 4.69) is 15.5 Å². The summed E-state index contributed by atoms with van der Waals surface area (Å²) in [7, 11) is -3.75. The van der Waals surface area contributed by atoms with E-state index in [0.29, 0.717) is 21.6 Å². The standard InChI is InChI=1S/C12H15N5O3S3/c1-2-9(21-12-17-16-11(13)22-12)10(18)15-7-3-5-8(6-4-7)23(14,19)20/h3-6,9H,2H2,1H3,(H2,13,16)(H,15,18)(H2,14,19,20)/t9-/m1/s1. The van der Waals surface area contributed by atoms with E-state index >= 15 is 0 Å². The number of nitrogens with two attached hydrogens (primary N) is 2. The van der Waals surface area contributed by atoms with Crippen LogP contribution in [0.15, 0.2) is 33.5 Å². The molecule has 0 unspecified atom stereocenters. The van der Waals surface area contributed by atoms with Crippen molar-refractivity contribution in [1.82, 2.24) is 10.2 Å². The van der Waals surface area contributed by atoms with Crippen LogP contribution in [0, 0.1) is 0 Å². The minimum absolute atomic E-state index is 0.0127. The normalized spacial score (nSPS) is 12.8. The lowest BCUT2D eigenvalue weighted by atomic mass is 10.3. The Morgan fingerprint density at radius 1 is 1.35 bits per heavy atom. The molecule has 2 rings (SSSR count). The summed E-state index contributed by atoms with van der Waals surface area (Å²) in [6.07, 6.45) is 0.589. The van der Waals surface area contributed by atoms with Crippen LogP contribution >= 0.6 is 23.1 Å². The topological polar surface area (TPSA) is 141 Å². The summed E-state index contributed by atoms with van der Waals surface area (Å²) in [6.45, 7) is 1.88. The lowest BCUT2D eigenvalue weighted by Crippen LogP contribution is -2.24. The van der Waals surface area contributed by atoms with Gasteiger partial charge in [0.1, 0.15) is 0 Å². The van der Waals surface area contributed by atoms with Crippen molar-refractivity contribution in [3.63, 3.8) is 0 Å². The predicted molar refractivity (Wildman–Crippen MR) is 90.7 cm³/mol. The van der Waals surface area contributed by atoms with Crippen LogP contribution in [-0.4, -0.2) is 29.8 Å². The predicted octanol–water partition coefficient (Wildman–Crippen LogP) is 1.28. The molecule has 1 aromatic carbocycles. The summed E-state index contributed by atoms with van der Waals surface area (Å²) < 4.78 is 23.0. The number of carbonyl (C=O) groups is 1. The van der Waals surface area contributed by atoms with Crippen LogP contribution in [0.3, 0.4) is 0 Å². The molecule has 124 valence electrons. The van der Waals surface area contributed by atoms with Crippen LogP contribution in [-0.2, 0) is 14.8 Å². The van der Waals surface area contributed by atoms with Crippen LogP contribution in [0.1, 0.15) is 13.3 Å². The quantitative estimate of drug-likeness (QED) is 0.647. The van der Waals surface area contributed by atoms with Gasteiger partial charge in [-0.1, -0.05) is 30.0 Å². The third kappa shape index (κ3) is 4.89. The van der Waals surface area contributed by atoms with E-state index < -0.39 is 10.0 Å². The number of primary sulfonamides is 1. The molecule has 0 aliphatic rings. The zero-order valence-electron chi connectivity index (χ0n) is 12.1. The van der Waals surface area contributed by atoms with Crippen molar-refractivity contribution in [2.24, 2.45) is 5.14 Å². The van der Waals surface area contributed by atoms with E-state index in [1.54, 1.807) is 0 Å². The van der Waals surface area contributed by atoms with Gasteiger partial charge in [-0.15, -0.1) is 10.2 Å². The Labute approximate surface area is 141 Å². The summed E-state index contributed by atoms with van der Waals surface area (Å²) in [5.74, 6) is -0.213. The Morgan fingerprint density at radius 2 is 2.00 bits per heavy atom. The van der Waals surface area contributed by atoms with Gasteiger partial charge in [-0.2, -0.15) is 0 Å². The number of nitrogen functional groups attached to an aromatic ring is 1. The first kappa shape index (κ1) is 17.7. The summed E-state index contributed by atoms with van der Waals surface area (Å²) in [5, 5.41) is 15.3. The molecule has 0 fully saturated rings. The lowest BCUT2D eigenvalue weighted by molar-refractivity contribution is -0.115. The molecule has 23 heavy (non-hydrogen) atoms. The van der Waals surface area contributed by atoms with Crippen LogP contribution in [0.5, 0.6) is 0 Å². The third-order valence-corrected chi connectivity index (χ3v) is 5.91. The van der Waals surface area contributed by atoms with Gasteiger partial charge in [-0.3, -0.25) is 4.79 Å². The minimum Gasteiger partial charge on any atom is -0.374 e. The third-order valence-electron chi connectivity index (χ3n) is 2.78. The molecular weight excluding hydrogens is 358 g/mol. The fourth-order valence-corrected chi connectivity index (χ4v) is 3.98. The van der Waals surface area contributed by atoms with Crippen molar-refractivity contribution >= 4 is 49.8 Å².